The largest absolute Gasteiger partial charge is 0.366 e. The molecule has 4 heteroatoms. The van der Waals surface area contributed by atoms with Crippen molar-refractivity contribution in [3.8, 4) is 0 Å². The Labute approximate surface area is 146 Å². The van der Waals surface area contributed by atoms with E-state index in [0.29, 0.717) is 0 Å². The summed E-state index contributed by atoms with van der Waals surface area (Å²) in [7, 11) is 2.00. The molecule has 22 heavy (non-hydrogen) atoms. The van der Waals surface area contributed by atoms with Crippen LogP contribution in [0.2, 0.25) is 5.02 Å². The molecule has 0 aliphatic heterocycles. The number of hydrogen-bond donors (Lipinski definition) is 0. The smallest absolute Gasteiger partial charge is 0.0910 e. The zero-order valence-electron chi connectivity index (χ0n) is 13.1. The van der Waals surface area contributed by atoms with Crippen molar-refractivity contribution in [3.63, 3.8) is 0 Å². The first-order valence-corrected chi connectivity index (χ1v) is 8.44. The predicted octanol–water partition coefficient (Wildman–Crippen LogP) is 5.61. The molecule has 0 aromatic heterocycles. The molecule has 0 aliphatic carbocycles. The van der Waals surface area contributed by atoms with Gasteiger partial charge >= 0.3 is 0 Å². The zero-order chi connectivity index (χ0) is 16.1. The van der Waals surface area contributed by atoms with E-state index in [0.717, 1.165) is 33.7 Å². The average Bonchev–Trinajstić information content (AvgIpc) is 2.50. The summed E-state index contributed by atoms with van der Waals surface area (Å²) in [6.45, 7) is 5.07. The second-order valence-corrected chi connectivity index (χ2v) is 6.67. The number of hydrogen-bond acceptors (Lipinski definition) is 1. The van der Waals surface area contributed by atoms with E-state index in [9.17, 15) is 0 Å². The molecule has 2 aromatic carbocycles. The number of benzene rings is 2. The van der Waals surface area contributed by atoms with E-state index < -0.39 is 0 Å². The monoisotopic (exact) mass is 378 g/mol. The molecule has 0 aliphatic rings. The maximum absolute atomic E-state index is 6.55. The van der Waals surface area contributed by atoms with E-state index in [1.165, 1.54) is 11.1 Å². The van der Waals surface area contributed by atoms with Crippen LogP contribution in [0.25, 0.3) is 0 Å². The van der Waals surface area contributed by atoms with Gasteiger partial charge in [-0.25, -0.2) is 4.99 Å². The van der Waals surface area contributed by atoms with Gasteiger partial charge in [-0.3, -0.25) is 0 Å². The topological polar surface area (TPSA) is 15.6 Å². The molecule has 0 heterocycles. The highest BCUT2D eigenvalue weighted by Gasteiger charge is 2.08. The SMILES string of the molecule is CCN(C)/C=N\c1cc(C)cc(Cc2ccc(Br)cc2)c1Cl. The lowest BCUT2D eigenvalue weighted by Gasteiger charge is -2.11. The Morgan fingerprint density at radius 2 is 1.91 bits per heavy atom. The summed E-state index contributed by atoms with van der Waals surface area (Å²) < 4.78 is 1.08. The Morgan fingerprint density at radius 1 is 1.23 bits per heavy atom. The van der Waals surface area contributed by atoms with E-state index in [1.54, 1.807) is 0 Å². The second-order valence-electron chi connectivity index (χ2n) is 5.38. The van der Waals surface area contributed by atoms with Gasteiger partial charge in [-0.15, -0.1) is 0 Å². The van der Waals surface area contributed by atoms with Crippen molar-refractivity contribution in [1.82, 2.24) is 4.90 Å². The van der Waals surface area contributed by atoms with Crippen LogP contribution in [0.15, 0.2) is 45.9 Å². The molecule has 2 aromatic rings. The van der Waals surface area contributed by atoms with Gasteiger partial charge in [-0.1, -0.05) is 45.7 Å². The summed E-state index contributed by atoms with van der Waals surface area (Å²) in [6.07, 6.45) is 2.63. The van der Waals surface area contributed by atoms with E-state index >= 15 is 0 Å². The number of halogens is 2. The number of rotatable bonds is 5. The highest BCUT2D eigenvalue weighted by molar-refractivity contribution is 9.10. The Bertz CT molecular complexity index is 666. The van der Waals surface area contributed by atoms with Crippen LogP contribution < -0.4 is 0 Å². The van der Waals surface area contributed by atoms with Crippen molar-refractivity contribution < 1.29 is 0 Å². The number of aryl methyl sites for hydroxylation is 1. The number of nitrogens with zero attached hydrogens (tertiary/aromatic N) is 2. The van der Waals surface area contributed by atoms with Gasteiger partial charge < -0.3 is 4.90 Å². The van der Waals surface area contributed by atoms with E-state index in [2.05, 4.69) is 53.0 Å². The molecule has 0 saturated carbocycles. The van der Waals surface area contributed by atoms with E-state index in [-0.39, 0.29) is 0 Å². The lowest BCUT2D eigenvalue weighted by atomic mass is 10.0. The van der Waals surface area contributed by atoms with Crippen LogP contribution in [0.3, 0.4) is 0 Å². The fourth-order valence-corrected chi connectivity index (χ4v) is 2.60. The van der Waals surface area contributed by atoms with Crippen molar-refractivity contribution in [1.29, 1.82) is 0 Å². The lowest BCUT2D eigenvalue weighted by molar-refractivity contribution is 0.552. The van der Waals surface area contributed by atoms with Crippen LogP contribution in [0.1, 0.15) is 23.6 Å². The standard InChI is InChI=1S/C18H20BrClN2/c1-4-22(3)12-21-17-10-13(2)9-15(18(17)20)11-14-5-7-16(19)8-6-14/h5-10,12H,4,11H2,1-3H3/b21-12-. The van der Waals surface area contributed by atoms with Gasteiger partial charge in [-0.2, -0.15) is 0 Å². The van der Waals surface area contributed by atoms with E-state index in [1.807, 2.05) is 36.5 Å². The summed E-state index contributed by atoms with van der Waals surface area (Å²) in [5.74, 6) is 0. The van der Waals surface area contributed by atoms with Gasteiger partial charge in [0, 0.05) is 18.1 Å². The third kappa shape index (κ3) is 4.59. The van der Waals surface area contributed by atoms with Gasteiger partial charge in [0.05, 0.1) is 17.0 Å². The molecule has 0 unspecified atom stereocenters. The Hall–Kier alpha value is -1.32. The summed E-state index contributed by atoms with van der Waals surface area (Å²) >= 11 is 10.0. The van der Waals surface area contributed by atoms with Crippen LogP contribution in [-0.2, 0) is 6.42 Å². The minimum atomic E-state index is 0.731. The minimum Gasteiger partial charge on any atom is -0.366 e. The van der Waals surface area contributed by atoms with Crippen LogP contribution in [0, 0.1) is 6.92 Å². The van der Waals surface area contributed by atoms with Crippen molar-refractivity contribution >= 4 is 39.6 Å². The highest BCUT2D eigenvalue weighted by Crippen LogP contribution is 2.31. The predicted molar refractivity (Wildman–Crippen MR) is 99.6 cm³/mol. The molecule has 0 radical (unpaired) electrons. The maximum atomic E-state index is 6.55. The summed E-state index contributed by atoms with van der Waals surface area (Å²) in [5.41, 5.74) is 4.34. The van der Waals surface area contributed by atoms with Crippen LogP contribution >= 0.6 is 27.5 Å². The molecular formula is C18H20BrClN2. The fraction of sp³-hybridized carbons (Fsp3) is 0.278. The van der Waals surface area contributed by atoms with E-state index in [4.69, 9.17) is 11.6 Å². The molecule has 0 saturated heterocycles. The molecule has 0 spiro atoms. The maximum Gasteiger partial charge on any atom is 0.0910 e. The summed E-state index contributed by atoms with van der Waals surface area (Å²) in [5, 5.41) is 0.731. The molecule has 0 N–H and O–H groups in total. The normalized spacial score (nSPS) is 11.1. The van der Waals surface area contributed by atoms with Crippen LogP contribution in [0.5, 0.6) is 0 Å². The average molecular weight is 380 g/mol. The third-order valence-electron chi connectivity index (χ3n) is 3.47. The van der Waals surface area contributed by atoms with Crippen LogP contribution in [0.4, 0.5) is 5.69 Å². The molecule has 0 amide bonds. The van der Waals surface area contributed by atoms with Gasteiger partial charge in [-0.05, 0) is 55.2 Å². The lowest BCUT2D eigenvalue weighted by Crippen LogP contribution is -2.14. The van der Waals surface area contributed by atoms with Crippen molar-refractivity contribution in [2.24, 2.45) is 4.99 Å². The number of aliphatic imine (C=N–C) groups is 1. The molecule has 0 bridgehead atoms. The van der Waals surface area contributed by atoms with Gasteiger partial charge in [0.15, 0.2) is 0 Å². The Balaban J connectivity index is 2.30. The van der Waals surface area contributed by atoms with Crippen molar-refractivity contribution in [2.45, 2.75) is 20.3 Å². The molecule has 2 nitrogen and oxygen atoms in total. The fourth-order valence-electron chi connectivity index (χ4n) is 2.11. The summed E-state index contributed by atoms with van der Waals surface area (Å²) in [6, 6.07) is 12.5. The third-order valence-corrected chi connectivity index (χ3v) is 4.44. The highest BCUT2D eigenvalue weighted by atomic mass is 79.9. The Morgan fingerprint density at radius 3 is 2.55 bits per heavy atom. The quantitative estimate of drug-likeness (QED) is 0.487. The molecule has 0 atom stereocenters. The van der Waals surface area contributed by atoms with Crippen LogP contribution in [-0.4, -0.2) is 24.8 Å². The van der Waals surface area contributed by atoms with Crippen molar-refractivity contribution in [3.05, 3.63) is 62.6 Å². The summed E-state index contributed by atoms with van der Waals surface area (Å²) in [4.78, 5) is 6.54. The molecule has 0 fully saturated rings. The molecule has 2 rings (SSSR count). The van der Waals surface area contributed by atoms with Crippen molar-refractivity contribution in [2.75, 3.05) is 13.6 Å². The zero-order valence-corrected chi connectivity index (χ0v) is 15.4. The second kappa shape index (κ2) is 7.80. The van der Waals surface area contributed by atoms with Gasteiger partial charge in [0.25, 0.3) is 0 Å². The molecular weight excluding hydrogens is 360 g/mol. The first-order valence-electron chi connectivity index (χ1n) is 7.27. The Kier molecular flexibility index (Phi) is 6.04. The first kappa shape index (κ1) is 17.0. The molecule has 116 valence electrons. The minimum absolute atomic E-state index is 0.731. The van der Waals surface area contributed by atoms with Gasteiger partial charge in [0.1, 0.15) is 0 Å². The van der Waals surface area contributed by atoms with Gasteiger partial charge in [0.2, 0.25) is 0 Å². The first-order chi connectivity index (χ1) is 10.5.